The van der Waals surface area contributed by atoms with E-state index in [2.05, 4.69) is 5.32 Å². The summed E-state index contributed by atoms with van der Waals surface area (Å²) in [4.78, 5) is 36.7. The summed E-state index contributed by atoms with van der Waals surface area (Å²) < 4.78 is 0. The molecule has 2 atom stereocenters. The minimum absolute atomic E-state index is 0.00514. The standard InChI is InChI=1S/C17H22N2O4/c1-2-19-11-13(10-15(19)20)17(23)18-14(8-9-16(21)22)12-6-4-3-5-7-12/h3-7,13-14H,2,8-11H2,1H3,(H,18,23)(H,21,22). The number of benzene rings is 1. The smallest absolute Gasteiger partial charge is 0.303 e. The molecule has 124 valence electrons. The van der Waals surface area contributed by atoms with Crippen molar-refractivity contribution in [2.24, 2.45) is 5.92 Å². The molecule has 2 amide bonds. The van der Waals surface area contributed by atoms with Crippen LogP contribution in [0.25, 0.3) is 0 Å². The lowest BCUT2D eigenvalue weighted by atomic mass is 10.00. The Morgan fingerprint density at radius 1 is 1.35 bits per heavy atom. The predicted molar refractivity (Wildman–Crippen MR) is 84.6 cm³/mol. The summed E-state index contributed by atoms with van der Waals surface area (Å²) in [6.45, 7) is 2.92. The number of nitrogens with zero attached hydrogens (tertiary/aromatic N) is 1. The zero-order chi connectivity index (χ0) is 16.8. The largest absolute Gasteiger partial charge is 0.481 e. The van der Waals surface area contributed by atoms with Gasteiger partial charge < -0.3 is 15.3 Å². The van der Waals surface area contributed by atoms with E-state index < -0.39 is 5.97 Å². The van der Waals surface area contributed by atoms with E-state index in [1.807, 2.05) is 37.3 Å². The molecule has 0 aromatic heterocycles. The van der Waals surface area contributed by atoms with E-state index in [0.29, 0.717) is 19.5 Å². The summed E-state index contributed by atoms with van der Waals surface area (Å²) in [7, 11) is 0. The molecule has 23 heavy (non-hydrogen) atoms. The zero-order valence-corrected chi connectivity index (χ0v) is 13.2. The molecule has 0 bridgehead atoms. The second-order valence-electron chi connectivity index (χ2n) is 5.74. The van der Waals surface area contributed by atoms with Crippen LogP contribution in [-0.4, -0.2) is 40.9 Å². The molecule has 1 aliphatic heterocycles. The van der Waals surface area contributed by atoms with Crippen molar-refractivity contribution in [2.45, 2.75) is 32.2 Å². The summed E-state index contributed by atoms with van der Waals surface area (Å²) in [5.41, 5.74) is 0.874. The van der Waals surface area contributed by atoms with Gasteiger partial charge in [0.25, 0.3) is 0 Å². The van der Waals surface area contributed by atoms with Crippen LogP contribution in [0.5, 0.6) is 0 Å². The van der Waals surface area contributed by atoms with Gasteiger partial charge in [-0.2, -0.15) is 0 Å². The van der Waals surface area contributed by atoms with Gasteiger partial charge in [-0.15, -0.1) is 0 Å². The summed E-state index contributed by atoms with van der Waals surface area (Å²) in [6, 6.07) is 8.95. The molecule has 1 aromatic rings. The van der Waals surface area contributed by atoms with Crippen LogP contribution in [0.1, 0.15) is 37.8 Å². The van der Waals surface area contributed by atoms with Gasteiger partial charge in [0.15, 0.2) is 0 Å². The second-order valence-corrected chi connectivity index (χ2v) is 5.74. The fraction of sp³-hybridized carbons (Fsp3) is 0.471. The van der Waals surface area contributed by atoms with Crippen molar-refractivity contribution in [2.75, 3.05) is 13.1 Å². The first-order chi connectivity index (χ1) is 11.0. The van der Waals surface area contributed by atoms with Gasteiger partial charge in [-0.1, -0.05) is 30.3 Å². The van der Waals surface area contributed by atoms with Crippen LogP contribution < -0.4 is 5.32 Å². The van der Waals surface area contributed by atoms with Crippen molar-refractivity contribution < 1.29 is 19.5 Å². The lowest BCUT2D eigenvalue weighted by Crippen LogP contribution is -2.35. The number of nitrogens with one attached hydrogen (secondary N) is 1. The third-order valence-electron chi connectivity index (χ3n) is 4.13. The number of amides is 2. The minimum atomic E-state index is -0.895. The molecule has 0 saturated carbocycles. The maximum atomic E-state index is 12.4. The van der Waals surface area contributed by atoms with Gasteiger partial charge in [-0.05, 0) is 18.9 Å². The molecule has 1 saturated heterocycles. The molecule has 0 radical (unpaired) electrons. The Hall–Kier alpha value is -2.37. The van der Waals surface area contributed by atoms with Crippen LogP contribution in [0.2, 0.25) is 0 Å². The van der Waals surface area contributed by atoms with E-state index in [9.17, 15) is 14.4 Å². The lowest BCUT2D eigenvalue weighted by Gasteiger charge is -2.21. The molecule has 0 spiro atoms. The number of rotatable bonds is 7. The van der Waals surface area contributed by atoms with Crippen LogP contribution >= 0.6 is 0 Å². The fourth-order valence-corrected chi connectivity index (χ4v) is 2.82. The van der Waals surface area contributed by atoms with E-state index in [0.717, 1.165) is 5.56 Å². The minimum Gasteiger partial charge on any atom is -0.481 e. The van der Waals surface area contributed by atoms with Crippen molar-refractivity contribution in [3.63, 3.8) is 0 Å². The zero-order valence-electron chi connectivity index (χ0n) is 13.2. The molecule has 1 heterocycles. The Morgan fingerprint density at radius 3 is 2.61 bits per heavy atom. The first-order valence-electron chi connectivity index (χ1n) is 7.86. The van der Waals surface area contributed by atoms with E-state index >= 15 is 0 Å². The van der Waals surface area contributed by atoms with Crippen LogP contribution in [0, 0.1) is 5.92 Å². The monoisotopic (exact) mass is 318 g/mol. The Labute approximate surface area is 135 Å². The quantitative estimate of drug-likeness (QED) is 0.799. The fourth-order valence-electron chi connectivity index (χ4n) is 2.82. The number of hydrogen-bond donors (Lipinski definition) is 2. The highest BCUT2D eigenvalue weighted by Gasteiger charge is 2.34. The molecule has 1 fully saturated rings. The number of hydrogen-bond acceptors (Lipinski definition) is 3. The maximum absolute atomic E-state index is 12.4. The normalized spacial score (nSPS) is 18.7. The second kappa shape index (κ2) is 7.76. The number of aliphatic carboxylic acids is 1. The highest BCUT2D eigenvalue weighted by molar-refractivity contribution is 5.89. The van der Waals surface area contributed by atoms with E-state index in [4.69, 9.17) is 5.11 Å². The SMILES string of the molecule is CCN1CC(C(=O)NC(CCC(=O)O)c2ccccc2)CC1=O. The number of carboxylic acids is 1. The van der Waals surface area contributed by atoms with Crippen LogP contribution in [-0.2, 0) is 14.4 Å². The number of carboxylic acid groups (broad SMARTS) is 1. The Morgan fingerprint density at radius 2 is 2.04 bits per heavy atom. The molecule has 1 aromatic carbocycles. The van der Waals surface area contributed by atoms with Crippen molar-refractivity contribution >= 4 is 17.8 Å². The van der Waals surface area contributed by atoms with E-state index in [-0.39, 0.29) is 36.6 Å². The Kier molecular flexibility index (Phi) is 5.73. The molecular weight excluding hydrogens is 296 g/mol. The van der Waals surface area contributed by atoms with Crippen LogP contribution in [0.3, 0.4) is 0 Å². The first kappa shape index (κ1) is 17.0. The maximum Gasteiger partial charge on any atom is 0.303 e. The molecule has 2 rings (SSSR count). The third kappa shape index (κ3) is 4.55. The number of likely N-dealkylation sites (tertiary alicyclic amines) is 1. The molecular formula is C17H22N2O4. The van der Waals surface area contributed by atoms with Gasteiger partial charge in [0.1, 0.15) is 0 Å². The topological polar surface area (TPSA) is 86.7 Å². The predicted octanol–water partition coefficient (Wildman–Crippen LogP) is 1.58. The van der Waals surface area contributed by atoms with Gasteiger partial charge in [-0.25, -0.2) is 0 Å². The highest BCUT2D eigenvalue weighted by atomic mass is 16.4. The average molecular weight is 318 g/mol. The Bertz CT molecular complexity index is 573. The van der Waals surface area contributed by atoms with Gasteiger partial charge in [0.05, 0.1) is 12.0 Å². The third-order valence-corrected chi connectivity index (χ3v) is 4.13. The van der Waals surface area contributed by atoms with Crippen molar-refractivity contribution in [3.05, 3.63) is 35.9 Å². The molecule has 0 aliphatic carbocycles. The van der Waals surface area contributed by atoms with Crippen molar-refractivity contribution in [1.29, 1.82) is 0 Å². The number of carbonyl (C=O) groups is 3. The molecule has 6 nitrogen and oxygen atoms in total. The van der Waals surface area contributed by atoms with Crippen molar-refractivity contribution in [1.82, 2.24) is 10.2 Å². The average Bonchev–Trinajstić information content (AvgIpc) is 2.93. The van der Waals surface area contributed by atoms with Gasteiger partial charge in [0, 0.05) is 25.9 Å². The summed E-state index contributed by atoms with van der Waals surface area (Å²) >= 11 is 0. The van der Waals surface area contributed by atoms with E-state index in [1.165, 1.54) is 0 Å². The highest BCUT2D eigenvalue weighted by Crippen LogP contribution is 2.22. The van der Waals surface area contributed by atoms with Gasteiger partial charge in [0.2, 0.25) is 11.8 Å². The Balaban J connectivity index is 2.04. The molecule has 6 heteroatoms. The summed E-state index contributed by atoms with van der Waals surface area (Å²) in [5.74, 6) is -1.45. The van der Waals surface area contributed by atoms with E-state index in [1.54, 1.807) is 4.90 Å². The molecule has 2 unspecified atom stereocenters. The molecule has 2 N–H and O–H groups in total. The van der Waals surface area contributed by atoms with Gasteiger partial charge in [-0.3, -0.25) is 14.4 Å². The summed E-state index contributed by atoms with van der Waals surface area (Å²) in [6.07, 6.45) is 0.522. The lowest BCUT2D eigenvalue weighted by molar-refractivity contribution is -0.137. The van der Waals surface area contributed by atoms with Crippen molar-refractivity contribution in [3.8, 4) is 0 Å². The van der Waals surface area contributed by atoms with Crippen LogP contribution in [0.15, 0.2) is 30.3 Å². The molecule has 1 aliphatic rings. The first-order valence-corrected chi connectivity index (χ1v) is 7.86. The van der Waals surface area contributed by atoms with Gasteiger partial charge >= 0.3 is 5.97 Å². The summed E-state index contributed by atoms with van der Waals surface area (Å²) in [5, 5.41) is 11.8. The van der Waals surface area contributed by atoms with Crippen LogP contribution in [0.4, 0.5) is 0 Å². The number of carbonyl (C=O) groups excluding carboxylic acids is 2.